The summed E-state index contributed by atoms with van der Waals surface area (Å²) < 4.78 is 6.28. The van der Waals surface area contributed by atoms with E-state index in [1.807, 2.05) is 6.92 Å². The second-order valence-electron chi connectivity index (χ2n) is 2.78. The van der Waals surface area contributed by atoms with Crippen LogP contribution in [0.25, 0.3) is 0 Å². The lowest BCUT2D eigenvalue weighted by atomic mass is 10.3. The number of nitrogens with zero attached hydrogens (tertiary/aromatic N) is 5. The second-order valence-corrected chi connectivity index (χ2v) is 2.78. The zero-order valence-corrected chi connectivity index (χ0v) is 7.71. The van der Waals surface area contributed by atoms with Crippen LogP contribution in [-0.4, -0.2) is 25.1 Å². The van der Waals surface area contributed by atoms with Gasteiger partial charge in [0.1, 0.15) is 6.54 Å². The molecule has 74 valence electrons. The van der Waals surface area contributed by atoms with Gasteiger partial charge < -0.3 is 10.3 Å². The molecule has 0 radical (unpaired) electrons. The first kappa shape index (κ1) is 8.67. The van der Waals surface area contributed by atoms with E-state index in [-0.39, 0.29) is 0 Å². The smallest absolute Gasteiger partial charge is 0.213 e. The summed E-state index contributed by atoms with van der Waals surface area (Å²) in [5, 5.41) is 11.3. The van der Waals surface area contributed by atoms with Crippen LogP contribution < -0.4 is 5.73 Å². The van der Waals surface area contributed by atoms with Crippen molar-refractivity contribution in [3.8, 4) is 0 Å². The van der Waals surface area contributed by atoms with Crippen LogP contribution in [0.2, 0.25) is 0 Å². The van der Waals surface area contributed by atoms with Crippen molar-refractivity contribution in [2.75, 3.05) is 5.73 Å². The van der Waals surface area contributed by atoms with Gasteiger partial charge in [0.2, 0.25) is 6.39 Å². The zero-order valence-electron chi connectivity index (χ0n) is 7.71. The SMILES string of the molecule is CCc1c(N)nnn1Cc1ncon1. The fraction of sp³-hybridized carbons (Fsp3) is 0.429. The molecule has 2 heterocycles. The van der Waals surface area contributed by atoms with E-state index in [0.29, 0.717) is 18.2 Å². The fourth-order valence-electron chi connectivity index (χ4n) is 1.23. The van der Waals surface area contributed by atoms with Gasteiger partial charge in [-0.15, -0.1) is 5.10 Å². The molecule has 0 aromatic carbocycles. The third kappa shape index (κ3) is 1.43. The first-order valence-electron chi connectivity index (χ1n) is 4.24. The van der Waals surface area contributed by atoms with Crippen LogP contribution >= 0.6 is 0 Å². The zero-order chi connectivity index (χ0) is 9.97. The van der Waals surface area contributed by atoms with Gasteiger partial charge in [-0.2, -0.15) is 4.98 Å². The molecule has 7 heteroatoms. The maximum Gasteiger partial charge on any atom is 0.213 e. The van der Waals surface area contributed by atoms with E-state index in [1.165, 1.54) is 6.39 Å². The Morgan fingerprint density at radius 3 is 3.07 bits per heavy atom. The summed E-state index contributed by atoms with van der Waals surface area (Å²) in [6.07, 6.45) is 2.05. The van der Waals surface area contributed by atoms with E-state index in [9.17, 15) is 0 Å². The van der Waals surface area contributed by atoms with E-state index in [1.54, 1.807) is 4.68 Å². The molecule has 14 heavy (non-hydrogen) atoms. The maximum absolute atomic E-state index is 5.62. The van der Waals surface area contributed by atoms with Gasteiger partial charge in [-0.3, -0.25) is 0 Å². The average Bonchev–Trinajstić information content (AvgIpc) is 2.77. The molecule has 2 rings (SSSR count). The molecule has 0 fully saturated rings. The first-order valence-corrected chi connectivity index (χ1v) is 4.24. The lowest BCUT2D eigenvalue weighted by molar-refractivity contribution is 0.406. The molecule has 0 saturated heterocycles. The van der Waals surface area contributed by atoms with Crippen molar-refractivity contribution in [2.24, 2.45) is 0 Å². The molecule has 2 aromatic heterocycles. The Balaban J connectivity index is 2.25. The summed E-state index contributed by atoms with van der Waals surface area (Å²) in [5.74, 6) is 1.01. The Morgan fingerprint density at radius 1 is 1.57 bits per heavy atom. The Hall–Kier alpha value is -1.92. The van der Waals surface area contributed by atoms with Crippen LogP contribution in [0.4, 0.5) is 5.82 Å². The second kappa shape index (κ2) is 3.44. The number of hydrogen-bond acceptors (Lipinski definition) is 6. The molecular weight excluding hydrogens is 184 g/mol. The maximum atomic E-state index is 5.62. The summed E-state index contributed by atoms with van der Waals surface area (Å²) in [5.41, 5.74) is 6.51. The molecule has 0 aliphatic heterocycles. The lowest BCUT2D eigenvalue weighted by Gasteiger charge is -2.00. The van der Waals surface area contributed by atoms with Crippen molar-refractivity contribution in [1.29, 1.82) is 0 Å². The van der Waals surface area contributed by atoms with Crippen molar-refractivity contribution in [2.45, 2.75) is 19.9 Å². The molecule has 0 bridgehead atoms. The number of nitrogens with two attached hydrogens (primary N) is 1. The van der Waals surface area contributed by atoms with Crippen LogP contribution in [0.15, 0.2) is 10.9 Å². The summed E-state index contributed by atoms with van der Waals surface area (Å²) in [7, 11) is 0. The molecule has 7 nitrogen and oxygen atoms in total. The highest BCUT2D eigenvalue weighted by Crippen LogP contribution is 2.08. The third-order valence-corrected chi connectivity index (χ3v) is 1.90. The van der Waals surface area contributed by atoms with Gasteiger partial charge >= 0.3 is 0 Å². The van der Waals surface area contributed by atoms with Gasteiger partial charge in [0.25, 0.3) is 0 Å². The minimum Gasteiger partial charge on any atom is -0.381 e. The normalized spacial score (nSPS) is 10.6. The van der Waals surface area contributed by atoms with E-state index in [2.05, 4.69) is 25.0 Å². The topological polar surface area (TPSA) is 95.7 Å². The molecule has 0 amide bonds. The Labute approximate surface area is 79.9 Å². The van der Waals surface area contributed by atoms with Crippen molar-refractivity contribution in [3.05, 3.63) is 17.9 Å². The Kier molecular flexibility index (Phi) is 2.13. The summed E-state index contributed by atoms with van der Waals surface area (Å²) >= 11 is 0. The number of anilines is 1. The van der Waals surface area contributed by atoms with Gasteiger partial charge in [0, 0.05) is 0 Å². The minimum atomic E-state index is 0.434. The minimum absolute atomic E-state index is 0.434. The van der Waals surface area contributed by atoms with Crippen molar-refractivity contribution in [3.63, 3.8) is 0 Å². The van der Waals surface area contributed by atoms with E-state index < -0.39 is 0 Å². The Bertz CT molecular complexity index is 406. The monoisotopic (exact) mass is 194 g/mol. The summed E-state index contributed by atoms with van der Waals surface area (Å²) in [4.78, 5) is 3.89. The highest BCUT2D eigenvalue weighted by Gasteiger charge is 2.09. The van der Waals surface area contributed by atoms with Gasteiger partial charge in [0.05, 0.1) is 5.69 Å². The van der Waals surface area contributed by atoms with Crippen molar-refractivity contribution in [1.82, 2.24) is 25.1 Å². The molecule has 0 aliphatic carbocycles. The first-order chi connectivity index (χ1) is 6.81. The highest BCUT2D eigenvalue weighted by atomic mass is 16.5. The standard InChI is InChI=1S/C7H10N6O/c1-2-5-7(8)10-12-13(5)3-6-9-4-14-11-6/h4H,2-3,8H2,1H3. The molecule has 0 atom stereocenters. The van der Waals surface area contributed by atoms with Crippen LogP contribution in [0.3, 0.4) is 0 Å². The molecule has 2 N–H and O–H groups in total. The third-order valence-electron chi connectivity index (χ3n) is 1.90. The molecular formula is C7H10N6O. The van der Waals surface area contributed by atoms with Gasteiger partial charge in [-0.05, 0) is 6.42 Å². The van der Waals surface area contributed by atoms with Gasteiger partial charge in [-0.25, -0.2) is 4.68 Å². The van der Waals surface area contributed by atoms with Gasteiger partial charge in [-0.1, -0.05) is 17.3 Å². The predicted octanol–water partition coefficient (Wildman–Crippen LogP) is -0.146. The summed E-state index contributed by atoms with van der Waals surface area (Å²) in [6, 6.07) is 0. The highest BCUT2D eigenvalue weighted by molar-refractivity contribution is 5.32. The molecule has 0 spiro atoms. The largest absolute Gasteiger partial charge is 0.381 e. The number of aromatic nitrogens is 5. The van der Waals surface area contributed by atoms with Crippen LogP contribution in [0.5, 0.6) is 0 Å². The molecule has 0 aliphatic rings. The van der Waals surface area contributed by atoms with E-state index in [0.717, 1.165) is 12.1 Å². The average molecular weight is 194 g/mol. The predicted molar refractivity (Wildman–Crippen MR) is 47.2 cm³/mol. The number of rotatable bonds is 3. The van der Waals surface area contributed by atoms with Gasteiger partial charge in [0.15, 0.2) is 11.6 Å². The van der Waals surface area contributed by atoms with Crippen molar-refractivity contribution < 1.29 is 4.52 Å². The number of hydrogen-bond donors (Lipinski definition) is 1. The van der Waals surface area contributed by atoms with Crippen LogP contribution in [-0.2, 0) is 13.0 Å². The summed E-state index contributed by atoms with van der Waals surface area (Å²) in [6.45, 7) is 2.42. The van der Waals surface area contributed by atoms with Crippen LogP contribution in [0, 0.1) is 0 Å². The fourth-order valence-corrected chi connectivity index (χ4v) is 1.23. The van der Waals surface area contributed by atoms with E-state index in [4.69, 9.17) is 5.73 Å². The quantitative estimate of drug-likeness (QED) is 0.730. The van der Waals surface area contributed by atoms with Crippen LogP contribution in [0.1, 0.15) is 18.4 Å². The molecule has 2 aromatic rings. The molecule has 0 saturated carbocycles. The lowest BCUT2D eigenvalue weighted by Crippen LogP contribution is -2.07. The van der Waals surface area contributed by atoms with E-state index >= 15 is 0 Å². The number of nitrogen functional groups attached to an aromatic ring is 1. The Morgan fingerprint density at radius 2 is 2.43 bits per heavy atom. The molecule has 0 unspecified atom stereocenters. The van der Waals surface area contributed by atoms with Crippen molar-refractivity contribution >= 4 is 5.82 Å².